The molecule has 0 saturated carbocycles. The molecule has 1 aromatic rings. The van der Waals surface area contributed by atoms with Crippen LogP contribution in [0.15, 0.2) is 18.2 Å². The second-order valence-corrected chi connectivity index (χ2v) is 3.69. The summed E-state index contributed by atoms with van der Waals surface area (Å²) in [4.78, 5) is 12.7. The number of carboxylic acids is 1. The summed E-state index contributed by atoms with van der Waals surface area (Å²) in [5.41, 5.74) is 2.41. The summed E-state index contributed by atoms with van der Waals surface area (Å²) in [5.74, 6) is -0.915. The molecule has 0 radical (unpaired) electrons. The van der Waals surface area contributed by atoms with Gasteiger partial charge in [0, 0.05) is 19.6 Å². The number of nitrogens with zero attached hydrogens (tertiary/aromatic N) is 1. The van der Waals surface area contributed by atoms with Gasteiger partial charge >= 0.3 is 5.97 Å². The van der Waals surface area contributed by atoms with Crippen LogP contribution in [0.5, 0.6) is 0 Å². The molecule has 0 saturated heterocycles. The lowest BCUT2D eigenvalue weighted by Crippen LogP contribution is -2.18. The molecule has 15 heavy (non-hydrogen) atoms. The maximum atomic E-state index is 12.1. The predicted octanol–water partition coefficient (Wildman–Crippen LogP) is 1.67. The Bertz CT molecular complexity index is 392. The average Bonchev–Trinajstić information content (AvgIpc) is 2.59. The number of hydrogen-bond donors (Lipinski definition) is 1. The van der Waals surface area contributed by atoms with E-state index in [1.54, 1.807) is 12.1 Å². The topological polar surface area (TPSA) is 40.5 Å². The number of alkyl halides is 1. The molecule has 1 N–H and O–H groups in total. The van der Waals surface area contributed by atoms with Gasteiger partial charge in [-0.3, -0.25) is 4.90 Å². The van der Waals surface area contributed by atoms with Crippen LogP contribution in [-0.2, 0) is 13.1 Å². The third-order valence-electron chi connectivity index (χ3n) is 2.64. The van der Waals surface area contributed by atoms with E-state index in [9.17, 15) is 9.18 Å². The van der Waals surface area contributed by atoms with Crippen LogP contribution in [-0.4, -0.2) is 29.2 Å². The Hall–Kier alpha value is -1.42. The fraction of sp³-hybridized carbons (Fsp3) is 0.364. The van der Waals surface area contributed by atoms with E-state index in [0.29, 0.717) is 18.7 Å². The van der Waals surface area contributed by atoms with Crippen molar-refractivity contribution < 1.29 is 14.3 Å². The molecular weight excluding hydrogens is 197 g/mol. The van der Waals surface area contributed by atoms with E-state index in [0.717, 1.165) is 17.7 Å². The van der Waals surface area contributed by atoms with Gasteiger partial charge in [0.1, 0.15) is 6.67 Å². The molecule has 1 aromatic carbocycles. The Morgan fingerprint density at radius 1 is 1.40 bits per heavy atom. The fourth-order valence-electron chi connectivity index (χ4n) is 1.88. The van der Waals surface area contributed by atoms with Gasteiger partial charge in [-0.05, 0) is 23.3 Å². The van der Waals surface area contributed by atoms with Crippen molar-refractivity contribution in [1.82, 2.24) is 4.90 Å². The monoisotopic (exact) mass is 209 g/mol. The highest BCUT2D eigenvalue weighted by atomic mass is 19.1. The molecule has 80 valence electrons. The highest BCUT2D eigenvalue weighted by Crippen LogP contribution is 2.23. The van der Waals surface area contributed by atoms with E-state index in [4.69, 9.17) is 5.11 Å². The number of aromatic carboxylic acids is 1. The molecule has 0 fully saturated rings. The van der Waals surface area contributed by atoms with Crippen LogP contribution in [0.2, 0.25) is 0 Å². The highest BCUT2D eigenvalue weighted by molar-refractivity contribution is 5.87. The third kappa shape index (κ3) is 1.99. The molecule has 1 heterocycles. The largest absolute Gasteiger partial charge is 0.478 e. The molecule has 1 aliphatic rings. The molecular formula is C11H12FNO2. The first-order valence-electron chi connectivity index (χ1n) is 4.84. The third-order valence-corrected chi connectivity index (χ3v) is 2.64. The summed E-state index contributed by atoms with van der Waals surface area (Å²) in [7, 11) is 0. The summed E-state index contributed by atoms with van der Waals surface area (Å²) in [6.07, 6.45) is 0. The number of carbonyl (C=O) groups is 1. The van der Waals surface area contributed by atoms with E-state index < -0.39 is 5.97 Å². The highest BCUT2D eigenvalue weighted by Gasteiger charge is 2.19. The standard InChI is InChI=1S/C11H12FNO2/c12-3-4-13-6-9-2-1-8(11(14)15)5-10(9)7-13/h1-2,5H,3-4,6-7H2,(H,14,15). The Balaban J connectivity index is 2.20. The Morgan fingerprint density at radius 3 is 2.80 bits per heavy atom. The van der Waals surface area contributed by atoms with E-state index in [2.05, 4.69) is 0 Å². The molecule has 0 unspecified atom stereocenters. The molecule has 0 aliphatic carbocycles. The number of benzene rings is 1. The van der Waals surface area contributed by atoms with Crippen LogP contribution in [0.3, 0.4) is 0 Å². The van der Waals surface area contributed by atoms with Gasteiger partial charge in [-0.1, -0.05) is 6.07 Å². The molecule has 0 spiro atoms. The van der Waals surface area contributed by atoms with Gasteiger partial charge in [0.05, 0.1) is 5.56 Å². The van der Waals surface area contributed by atoms with Crippen LogP contribution >= 0.6 is 0 Å². The van der Waals surface area contributed by atoms with E-state index in [1.807, 2.05) is 11.0 Å². The lowest BCUT2D eigenvalue weighted by molar-refractivity contribution is 0.0696. The lowest BCUT2D eigenvalue weighted by Gasteiger charge is -2.10. The van der Waals surface area contributed by atoms with Gasteiger partial charge in [0.2, 0.25) is 0 Å². The number of hydrogen-bond acceptors (Lipinski definition) is 2. The van der Waals surface area contributed by atoms with Gasteiger partial charge < -0.3 is 5.11 Å². The first-order chi connectivity index (χ1) is 7.20. The maximum Gasteiger partial charge on any atom is 0.335 e. The van der Waals surface area contributed by atoms with Crippen molar-refractivity contribution in [2.75, 3.05) is 13.2 Å². The second-order valence-electron chi connectivity index (χ2n) is 3.69. The molecule has 0 atom stereocenters. The summed E-state index contributed by atoms with van der Waals surface area (Å²) < 4.78 is 12.1. The van der Waals surface area contributed by atoms with Crippen LogP contribution in [0, 0.1) is 0 Å². The van der Waals surface area contributed by atoms with Crippen molar-refractivity contribution in [3.63, 3.8) is 0 Å². The SMILES string of the molecule is O=C(O)c1ccc2c(c1)CN(CCF)C2. The first-order valence-corrected chi connectivity index (χ1v) is 4.84. The summed E-state index contributed by atoms with van der Waals surface area (Å²) in [6.45, 7) is 1.43. The van der Waals surface area contributed by atoms with Gasteiger partial charge in [-0.15, -0.1) is 0 Å². The van der Waals surface area contributed by atoms with Crippen molar-refractivity contribution in [2.45, 2.75) is 13.1 Å². The van der Waals surface area contributed by atoms with E-state index >= 15 is 0 Å². The van der Waals surface area contributed by atoms with Crippen molar-refractivity contribution in [1.29, 1.82) is 0 Å². The summed E-state index contributed by atoms with van der Waals surface area (Å²) >= 11 is 0. The zero-order valence-electron chi connectivity index (χ0n) is 8.24. The van der Waals surface area contributed by atoms with Crippen molar-refractivity contribution in [2.24, 2.45) is 0 Å². The van der Waals surface area contributed by atoms with Gasteiger partial charge in [0.25, 0.3) is 0 Å². The number of fused-ring (bicyclic) bond motifs is 1. The Kier molecular flexibility index (Phi) is 2.68. The normalized spacial score (nSPS) is 15.3. The quantitative estimate of drug-likeness (QED) is 0.823. The minimum Gasteiger partial charge on any atom is -0.478 e. The second kappa shape index (κ2) is 3.98. The minimum absolute atomic E-state index is 0.302. The van der Waals surface area contributed by atoms with Crippen molar-refractivity contribution >= 4 is 5.97 Å². The van der Waals surface area contributed by atoms with Gasteiger partial charge in [0.15, 0.2) is 0 Å². The summed E-state index contributed by atoms with van der Waals surface area (Å²) in [5, 5.41) is 8.81. The molecule has 2 rings (SSSR count). The smallest absolute Gasteiger partial charge is 0.335 e. The average molecular weight is 209 g/mol. The van der Waals surface area contributed by atoms with Gasteiger partial charge in [-0.25, -0.2) is 9.18 Å². The van der Waals surface area contributed by atoms with E-state index in [-0.39, 0.29) is 6.67 Å². The molecule has 1 aliphatic heterocycles. The molecule has 3 nitrogen and oxygen atoms in total. The van der Waals surface area contributed by atoms with Gasteiger partial charge in [-0.2, -0.15) is 0 Å². The number of rotatable bonds is 3. The first kappa shape index (κ1) is 10.1. The molecule has 0 amide bonds. The van der Waals surface area contributed by atoms with Crippen LogP contribution in [0.4, 0.5) is 4.39 Å². The van der Waals surface area contributed by atoms with Crippen molar-refractivity contribution in [3.8, 4) is 0 Å². The Labute approximate surface area is 87.1 Å². The minimum atomic E-state index is -0.915. The number of halogens is 1. The molecule has 0 bridgehead atoms. The number of carboxylic acid groups (broad SMARTS) is 1. The summed E-state index contributed by atoms with van der Waals surface area (Å²) in [6, 6.07) is 5.09. The lowest BCUT2D eigenvalue weighted by atomic mass is 10.1. The zero-order valence-corrected chi connectivity index (χ0v) is 8.24. The maximum absolute atomic E-state index is 12.1. The zero-order chi connectivity index (χ0) is 10.8. The van der Waals surface area contributed by atoms with Crippen molar-refractivity contribution in [3.05, 3.63) is 34.9 Å². The van der Waals surface area contributed by atoms with E-state index in [1.165, 1.54) is 0 Å². The molecule has 4 heteroatoms. The van der Waals surface area contributed by atoms with Crippen LogP contribution in [0.25, 0.3) is 0 Å². The molecule has 0 aromatic heterocycles. The predicted molar refractivity (Wildman–Crippen MR) is 53.5 cm³/mol. The fourth-order valence-corrected chi connectivity index (χ4v) is 1.88. The Morgan fingerprint density at radius 2 is 2.13 bits per heavy atom. The van der Waals surface area contributed by atoms with Crippen LogP contribution < -0.4 is 0 Å². The van der Waals surface area contributed by atoms with Crippen LogP contribution in [0.1, 0.15) is 21.5 Å².